The van der Waals surface area contributed by atoms with Crippen molar-refractivity contribution in [2.75, 3.05) is 13.1 Å². The molecule has 2 aromatic carbocycles. The lowest BCUT2D eigenvalue weighted by Gasteiger charge is -2.39. The Labute approximate surface area is 189 Å². The number of amides is 1. The van der Waals surface area contributed by atoms with Gasteiger partial charge in [0.2, 0.25) is 0 Å². The Morgan fingerprint density at radius 3 is 3.03 bits per heavy atom. The third kappa shape index (κ3) is 3.77. The highest BCUT2D eigenvalue weighted by Crippen LogP contribution is 2.42. The second kappa shape index (κ2) is 8.13. The molecule has 5 rings (SSSR count). The van der Waals surface area contributed by atoms with E-state index >= 15 is 0 Å². The van der Waals surface area contributed by atoms with Crippen LogP contribution in [0.3, 0.4) is 0 Å². The molecule has 0 fully saturated rings. The minimum Gasteiger partial charge on any atom is -0.507 e. The molecular formula is C24H25BrN4O2. The number of hydrogen-bond donors (Lipinski definition) is 2. The molecule has 1 aromatic heterocycles. The molecule has 0 radical (unpaired) electrons. The van der Waals surface area contributed by atoms with E-state index in [0.29, 0.717) is 12.1 Å². The number of nitrogens with one attached hydrogen (secondary N) is 1. The Balaban J connectivity index is 1.32. The monoisotopic (exact) mass is 480 g/mol. The van der Waals surface area contributed by atoms with Gasteiger partial charge in [-0.3, -0.25) is 9.69 Å². The summed E-state index contributed by atoms with van der Waals surface area (Å²) in [6.07, 6.45) is 4.79. The number of rotatable bonds is 4. The van der Waals surface area contributed by atoms with Crippen LogP contribution in [-0.4, -0.2) is 39.8 Å². The SMILES string of the molecule is Cc1ccc2c(c1)c1c3n2CCN(CC(=O)N/N=C\c2cc(Br)ccc2O)C3CCC1. The molecule has 2 N–H and O–H groups in total. The van der Waals surface area contributed by atoms with Crippen molar-refractivity contribution in [3.05, 3.63) is 63.3 Å². The van der Waals surface area contributed by atoms with Gasteiger partial charge in [-0.2, -0.15) is 5.10 Å². The molecule has 6 nitrogen and oxygen atoms in total. The molecule has 7 heteroatoms. The summed E-state index contributed by atoms with van der Waals surface area (Å²) in [7, 11) is 0. The molecule has 0 saturated carbocycles. The van der Waals surface area contributed by atoms with Crippen molar-refractivity contribution < 1.29 is 9.90 Å². The maximum atomic E-state index is 12.6. The van der Waals surface area contributed by atoms with E-state index in [9.17, 15) is 9.90 Å². The van der Waals surface area contributed by atoms with Gasteiger partial charge in [0.05, 0.1) is 18.8 Å². The van der Waals surface area contributed by atoms with Crippen LogP contribution in [0.1, 0.15) is 41.3 Å². The number of benzene rings is 2. The summed E-state index contributed by atoms with van der Waals surface area (Å²) in [4.78, 5) is 14.9. The molecule has 0 bridgehead atoms. The Bertz CT molecular complexity index is 1200. The largest absolute Gasteiger partial charge is 0.507 e. The first-order valence-electron chi connectivity index (χ1n) is 10.7. The van der Waals surface area contributed by atoms with Crippen molar-refractivity contribution in [2.24, 2.45) is 5.10 Å². The number of carbonyl (C=O) groups excluding carboxylic acids is 1. The summed E-state index contributed by atoms with van der Waals surface area (Å²) in [6.45, 7) is 4.20. The van der Waals surface area contributed by atoms with Crippen LogP contribution < -0.4 is 5.43 Å². The molecule has 0 spiro atoms. The minimum absolute atomic E-state index is 0.120. The van der Waals surface area contributed by atoms with Crippen molar-refractivity contribution in [2.45, 2.75) is 38.8 Å². The number of phenols is 1. The predicted octanol–water partition coefficient (Wildman–Crippen LogP) is 4.26. The highest BCUT2D eigenvalue weighted by Gasteiger charge is 2.35. The van der Waals surface area contributed by atoms with E-state index in [0.717, 1.165) is 36.8 Å². The van der Waals surface area contributed by atoms with Crippen LogP contribution in [0, 0.1) is 6.92 Å². The number of carbonyl (C=O) groups is 1. The molecule has 3 aromatic rings. The number of nitrogens with zero attached hydrogens (tertiary/aromatic N) is 3. The van der Waals surface area contributed by atoms with Crippen LogP contribution in [0.15, 0.2) is 46.0 Å². The molecule has 2 aliphatic rings. The van der Waals surface area contributed by atoms with Gasteiger partial charge in [0.1, 0.15) is 5.75 Å². The fraction of sp³-hybridized carbons (Fsp3) is 0.333. The zero-order valence-electron chi connectivity index (χ0n) is 17.4. The van der Waals surface area contributed by atoms with Gasteiger partial charge in [-0.25, -0.2) is 5.43 Å². The summed E-state index contributed by atoms with van der Waals surface area (Å²) in [5, 5.41) is 15.3. The van der Waals surface area contributed by atoms with E-state index in [2.05, 4.69) is 61.0 Å². The molecule has 1 aliphatic carbocycles. The second-order valence-electron chi connectivity index (χ2n) is 8.41. The Kier molecular flexibility index (Phi) is 5.32. The third-order valence-electron chi connectivity index (χ3n) is 6.37. The topological polar surface area (TPSA) is 69.9 Å². The first-order chi connectivity index (χ1) is 15.0. The van der Waals surface area contributed by atoms with Crippen LogP contribution in [0.4, 0.5) is 0 Å². The lowest BCUT2D eigenvalue weighted by Crippen LogP contribution is -2.44. The number of aryl methyl sites for hydroxylation is 2. The van der Waals surface area contributed by atoms with Gasteiger partial charge >= 0.3 is 0 Å². The molecule has 2 heterocycles. The van der Waals surface area contributed by atoms with Gasteiger partial charge in [0, 0.05) is 39.7 Å². The van der Waals surface area contributed by atoms with Gasteiger partial charge in [-0.1, -0.05) is 27.6 Å². The van der Waals surface area contributed by atoms with Crippen LogP contribution >= 0.6 is 15.9 Å². The van der Waals surface area contributed by atoms with Crippen molar-refractivity contribution >= 4 is 39.0 Å². The Morgan fingerprint density at radius 1 is 1.29 bits per heavy atom. The predicted molar refractivity (Wildman–Crippen MR) is 125 cm³/mol. The zero-order valence-corrected chi connectivity index (χ0v) is 19.0. The smallest absolute Gasteiger partial charge is 0.254 e. The maximum Gasteiger partial charge on any atom is 0.254 e. The number of aromatic nitrogens is 1. The number of hydrogen-bond acceptors (Lipinski definition) is 4. The maximum absolute atomic E-state index is 12.6. The Hall–Kier alpha value is -2.64. The second-order valence-corrected chi connectivity index (χ2v) is 9.33. The number of aromatic hydroxyl groups is 1. The van der Waals surface area contributed by atoms with E-state index < -0.39 is 0 Å². The highest BCUT2D eigenvalue weighted by atomic mass is 79.9. The molecule has 1 aliphatic heterocycles. The van der Waals surface area contributed by atoms with E-state index in [4.69, 9.17) is 0 Å². The van der Waals surface area contributed by atoms with Gasteiger partial charge < -0.3 is 9.67 Å². The highest BCUT2D eigenvalue weighted by molar-refractivity contribution is 9.10. The molecule has 160 valence electrons. The molecular weight excluding hydrogens is 456 g/mol. The lowest BCUT2D eigenvalue weighted by molar-refractivity contribution is -0.123. The summed E-state index contributed by atoms with van der Waals surface area (Å²) in [6, 6.07) is 12.1. The molecule has 31 heavy (non-hydrogen) atoms. The quantitative estimate of drug-likeness (QED) is 0.432. The van der Waals surface area contributed by atoms with E-state index in [-0.39, 0.29) is 17.7 Å². The van der Waals surface area contributed by atoms with Crippen LogP contribution in [-0.2, 0) is 17.8 Å². The number of hydrazone groups is 1. The summed E-state index contributed by atoms with van der Waals surface area (Å²) >= 11 is 3.37. The standard InChI is InChI=1S/C24H25BrN4O2/c1-15-5-7-20-19(11-15)18-3-2-4-21-24(18)29(20)10-9-28(21)14-23(31)27-26-13-16-12-17(25)6-8-22(16)30/h5-8,11-13,21,30H,2-4,9-10,14H2,1H3,(H,27,31)/b26-13-. The van der Waals surface area contributed by atoms with Crippen LogP contribution in [0.2, 0.25) is 0 Å². The van der Waals surface area contributed by atoms with Crippen LogP contribution in [0.25, 0.3) is 10.9 Å². The minimum atomic E-state index is -0.140. The first-order valence-corrected chi connectivity index (χ1v) is 11.5. The van der Waals surface area contributed by atoms with Crippen molar-refractivity contribution in [1.82, 2.24) is 14.9 Å². The van der Waals surface area contributed by atoms with Gasteiger partial charge in [-0.05, 0) is 62.1 Å². The van der Waals surface area contributed by atoms with Gasteiger partial charge in [-0.15, -0.1) is 0 Å². The average molecular weight is 481 g/mol. The van der Waals surface area contributed by atoms with Gasteiger partial charge in [0.25, 0.3) is 5.91 Å². The van der Waals surface area contributed by atoms with Crippen LogP contribution in [0.5, 0.6) is 5.75 Å². The summed E-state index contributed by atoms with van der Waals surface area (Å²) in [5.41, 5.74) is 8.64. The molecule has 0 saturated heterocycles. The van der Waals surface area contributed by atoms with Crippen molar-refractivity contribution in [3.8, 4) is 5.75 Å². The number of fused-ring (bicyclic) bond motifs is 3. The Morgan fingerprint density at radius 2 is 2.16 bits per heavy atom. The first kappa shape index (κ1) is 20.3. The third-order valence-corrected chi connectivity index (χ3v) is 6.86. The molecule has 1 amide bonds. The van der Waals surface area contributed by atoms with Gasteiger partial charge in [0.15, 0.2) is 0 Å². The number of phenolic OH excluding ortho intramolecular Hbond substituents is 1. The molecule has 1 unspecified atom stereocenters. The van der Waals surface area contributed by atoms with Crippen molar-refractivity contribution in [3.63, 3.8) is 0 Å². The molecule has 1 atom stereocenters. The van der Waals surface area contributed by atoms with E-state index in [1.54, 1.807) is 18.2 Å². The van der Waals surface area contributed by atoms with E-state index in [1.165, 1.54) is 33.9 Å². The van der Waals surface area contributed by atoms with E-state index in [1.807, 2.05) is 0 Å². The summed E-state index contributed by atoms with van der Waals surface area (Å²) in [5.74, 6) is -0.0201. The number of halogens is 1. The fourth-order valence-electron chi connectivity index (χ4n) is 5.00. The lowest BCUT2D eigenvalue weighted by atomic mass is 9.89. The summed E-state index contributed by atoms with van der Waals surface area (Å²) < 4.78 is 3.31. The van der Waals surface area contributed by atoms with Crippen molar-refractivity contribution in [1.29, 1.82) is 0 Å². The zero-order chi connectivity index (χ0) is 21.5. The normalized spacial score (nSPS) is 18.5. The average Bonchev–Trinajstić information content (AvgIpc) is 3.07. The fourth-order valence-corrected chi connectivity index (χ4v) is 5.38.